The van der Waals surface area contributed by atoms with Crippen LogP contribution in [0.2, 0.25) is 0 Å². The highest BCUT2D eigenvalue weighted by atomic mass is 127. The van der Waals surface area contributed by atoms with Crippen LogP contribution in [0, 0.1) is 5.92 Å². The van der Waals surface area contributed by atoms with E-state index in [0.717, 1.165) is 37.6 Å². The van der Waals surface area contributed by atoms with Gasteiger partial charge in [0.25, 0.3) is 0 Å². The predicted molar refractivity (Wildman–Crippen MR) is 107 cm³/mol. The van der Waals surface area contributed by atoms with E-state index in [1.165, 1.54) is 0 Å². The Balaban J connectivity index is 0.00000484. The molecule has 0 saturated heterocycles. The Morgan fingerprint density at radius 1 is 1.17 bits per heavy atom. The molecule has 1 aromatic rings. The van der Waals surface area contributed by atoms with Gasteiger partial charge in [-0.15, -0.1) is 24.0 Å². The number of nitrogens with one attached hydrogen (secondary N) is 2. The molecule has 3 N–H and O–H groups in total. The van der Waals surface area contributed by atoms with E-state index in [4.69, 9.17) is 4.74 Å². The van der Waals surface area contributed by atoms with Gasteiger partial charge < -0.3 is 20.5 Å². The predicted octanol–water partition coefficient (Wildman–Crippen LogP) is 3.13. The number of hydrogen-bond acceptors (Lipinski definition) is 3. The van der Waals surface area contributed by atoms with Gasteiger partial charge in [-0.05, 0) is 37.0 Å². The summed E-state index contributed by atoms with van der Waals surface area (Å²) in [5, 5.41) is 15.7. The third-order valence-electron chi connectivity index (χ3n) is 3.08. The zero-order valence-electron chi connectivity index (χ0n) is 14.3. The first kappa shape index (κ1) is 22.0. The van der Waals surface area contributed by atoms with Crippen molar-refractivity contribution in [2.75, 3.05) is 26.3 Å². The molecule has 23 heavy (non-hydrogen) atoms. The molecule has 0 saturated carbocycles. The minimum absolute atomic E-state index is 0. The molecule has 132 valence electrons. The molecule has 6 heteroatoms. The fraction of sp³-hybridized carbons (Fsp3) is 0.588. The number of aliphatic imine (C=N–C) groups is 1. The van der Waals surface area contributed by atoms with Gasteiger partial charge in [-0.3, -0.25) is 0 Å². The van der Waals surface area contributed by atoms with Gasteiger partial charge in [0.1, 0.15) is 5.75 Å². The van der Waals surface area contributed by atoms with E-state index in [9.17, 15) is 5.11 Å². The maximum Gasteiger partial charge on any atom is 0.191 e. The number of guanidine groups is 1. The van der Waals surface area contributed by atoms with Crippen molar-refractivity contribution in [2.24, 2.45) is 10.9 Å². The summed E-state index contributed by atoms with van der Waals surface area (Å²) in [7, 11) is 0. The number of halogens is 1. The lowest BCUT2D eigenvalue weighted by Crippen LogP contribution is -2.39. The normalized spacial score (nSPS) is 11.2. The maximum atomic E-state index is 9.27. The zero-order chi connectivity index (χ0) is 16.2. The number of phenols is 1. The highest BCUT2D eigenvalue weighted by Crippen LogP contribution is 2.10. The van der Waals surface area contributed by atoms with E-state index in [1.807, 2.05) is 19.1 Å². The van der Waals surface area contributed by atoms with Gasteiger partial charge in [0, 0.05) is 19.7 Å². The van der Waals surface area contributed by atoms with Crippen LogP contribution >= 0.6 is 24.0 Å². The van der Waals surface area contributed by atoms with E-state index in [0.29, 0.717) is 19.1 Å². The summed E-state index contributed by atoms with van der Waals surface area (Å²) in [6.07, 6.45) is 1.09. The second-order valence-corrected chi connectivity index (χ2v) is 5.58. The quantitative estimate of drug-likeness (QED) is 0.241. The van der Waals surface area contributed by atoms with Gasteiger partial charge in [-0.1, -0.05) is 26.0 Å². The summed E-state index contributed by atoms with van der Waals surface area (Å²) in [6, 6.07) is 7.09. The molecule has 0 amide bonds. The van der Waals surface area contributed by atoms with Crippen LogP contribution in [0.15, 0.2) is 29.3 Å². The molecule has 0 spiro atoms. The van der Waals surface area contributed by atoms with Crippen molar-refractivity contribution in [3.63, 3.8) is 0 Å². The number of rotatable bonds is 9. The molecule has 0 bridgehead atoms. The van der Waals surface area contributed by atoms with Crippen LogP contribution < -0.4 is 10.6 Å². The third kappa shape index (κ3) is 11.2. The van der Waals surface area contributed by atoms with Gasteiger partial charge in [0.2, 0.25) is 0 Å². The largest absolute Gasteiger partial charge is 0.508 e. The fourth-order valence-electron chi connectivity index (χ4n) is 1.78. The number of ether oxygens (including phenoxy) is 1. The molecule has 0 fully saturated rings. The van der Waals surface area contributed by atoms with Crippen molar-refractivity contribution in [1.29, 1.82) is 0 Å². The first-order chi connectivity index (χ1) is 10.6. The van der Waals surface area contributed by atoms with Gasteiger partial charge in [0.15, 0.2) is 5.96 Å². The average Bonchev–Trinajstić information content (AvgIpc) is 2.49. The Hall–Kier alpha value is -1.02. The van der Waals surface area contributed by atoms with Crippen molar-refractivity contribution in [3.8, 4) is 5.75 Å². The van der Waals surface area contributed by atoms with Crippen molar-refractivity contribution in [3.05, 3.63) is 29.8 Å². The van der Waals surface area contributed by atoms with Crippen LogP contribution in [0.4, 0.5) is 0 Å². The first-order valence-corrected chi connectivity index (χ1v) is 7.99. The Morgan fingerprint density at radius 2 is 1.87 bits per heavy atom. The lowest BCUT2D eigenvalue weighted by Gasteiger charge is -2.12. The molecule has 0 aliphatic heterocycles. The van der Waals surface area contributed by atoms with Crippen molar-refractivity contribution in [1.82, 2.24) is 10.6 Å². The maximum absolute atomic E-state index is 9.27. The second-order valence-electron chi connectivity index (χ2n) is 5.58. The number of hydrogen-bond donors (Lipinski definition) is 3. The Kier molecular flexibility index (Phi) is 12.8. The molecule has 1 aromatic carbocycles. The smallest absolute Gasteiger partial charge is 0.191 e. The van der Waals surface area contributed by atoms with Crippen LogP contribution in [0.5, 0.6) is 5.75 Å². The van der Waals surface area contributed by atoms with Crippen LogP contribution in [-0.4, -0.2) is 37.4 Å². The van der Waals surface area contributed by atoms with Crippen LogP contribution in [0.3, 0.4) is 0 Å². The van der Waals surface area contributed by atoms with Gasteiger partial charge in [-0.2, -0.15) is 0 Å². The SMILES string of the molecule is CCNC(=NCc1ccc(O)cc1)NCCOCCC(C)C.I. The zero-order valence-corrected chi connectivity index (χ0v) is 16.7. The van der Waals surface area contributed by atoms with Crippen LogP contribution in [0.1, 0.15) is 32.8 Å². The van der Waals surface area contributed by atoms with Crippen LogP contribution in [-0.2, 0) is 11.3 Å². The fourth-order valence-corrected chi connectivity index (χ4v) is 1.78. The van der Waals surface area contributed by atoms with Crippen LogP contribution in [0.25, 0.3) is 0 Å². The number of nitrogens with zero attached hydrogens (tertiary/aromatic N) is 1. The molecular weight excluding hydrogens is 405 g/mol. The van der Waals surface area contributed by atoms with Crippen molar-refractivity contribution >= 4 is 29.9 Å². The van der Waals surface area contributed by atoms with Gasteiger partial charge >= 0.3 is 0 Å². The Labute approximate surface area is 156 Å². The molecular formula is C17H30IN3O2. The molecule has 0 unspecified atom stereocenters. The summed E-state index contributed by atoms with van der Waals surface area (Å²) in [4.78, 5) is 4.52. The van der Waals surface area contributed by atoms with E-state index >= 15 is 0 Å². The van der Waals surface area contributed by atoms with Gasteiger partial charge in [0.05, 0.1) is 13.2 Å². The van der Waals surface area contributed by atoms with E-state index < -0.39 is 0 Å². The summed E-state index contributed by atoms with van der Waals surface area (Å²) in [5.41, 5.74) is 1.06. The average molecular weight is 435 g/mol. The summed E-state index contributed by atoms with van der Waals surface area (Å²) in [5.74, 6) is 1.73. The molecule has 0 heterocycles. The summed E-state index contributed by atoms with van der Waals surface area (Å²) < 4.78 is 5.58. The van der Waals surface area contributed by atoms with Crippen molar-refractivity contribution in [2.45, 2.75) is 33.7 Å². The molecule has 0 aromatic heterocycles. The number of benzene rings is 1. The standard InChI is InChI=1S/C17H29N3O2.HI/c1-4-18-17(19-10-12-22-11-9-14(2)3)20-13-15-5-7-16(21)8-6-15;/h5-8,14,21H,4,9-13H2,1-3H3,(H2,18,19,20);1H. The minimum Gasteiger partial charge on any atom is -0.508 e. The van der Waals surface area contributed by atoms with Gasteiger partial charge in [-0.25, -0.2) is 4.99 Å². The minimum atomic E-state index is 0. The van der Waals surface area contributed by atoms with E-state index in [2.05, 4.69) is 29.5 Å². The molecule has 0 radical (unpaired) electrons. The highest BCUT2D eigenvalue weighted by molar-refractivity contribution is 14.0. The Morgan fingerprint density at radius 3 is 2.48 bits per heavy atom. The molecule has 5 nitrogen and oxygen atoms in total. The third-order valence-corrected chi connectivity index (χ3v) is 3.08. The molecule has 0 aliphatic rings. The lowest BCUT2D eigenvalue weighted by atomic mass is 10.1. The van der Waals surface area contributed by atoms with E-state index in [1.54, 1.807) is 12.1 Å². The number of phenolic OH excluding ortho intramolecular Hbond substituents is 1. The van der Waals surface area contributed by atoms with E-state index in [-0.39, 0.29) is 29.7 Å². The number of aromatic hydroxyl groups is 1. The molecule has 0 atom stereocenters. The first-order valence-electron chi connectivity index (χ1n) is 7.99. The Bertz CT molecular complexity index is 436. The summed E-state index contributed by atoms with van der Waals surface area (Å²) >= 11 is 0. The molecule has 1 rings (SSSR count). The monoisotopic (exact) mass is 435 g/mol. The highest BCUT2D eigenvalue weighted by Gasteiger charge is 1.98. The van der Waals surface area contributed by atoms with Crippen molar-refractivity contribution < 1.29 is 9.84 Å². The topological polar surface area (TPSA) is 65.9 Å². The lowest BCUT2D eigenvalue weighted by molar-refractivity contribution is 0.128. The molecule has 0 aliphatic carbocycles. The second kappa shape index (κ2) is 13.4. The summed E-state index contributed by atoms with van der Waals surface area (Å²) in [6.45, 7) is 10.0.